The van der Waals surface area contributed by atoms with Crippen molar-refractivity contribution in [2.45, 2.75) is 31.8 Å². The summed E-state index contributed by atoms with van der Waals surface area (Å²) in [5.74, 6) is 0.888. The first kappa shape index (κ1) is 16.5. The highest BCUT2D eigenvalue weighted by Crippen LogP contribution is 2.14. The first-order chi connectivity index (χ1) is 10.4. The van der Waals surface area contributed by atoms with Gasteiger partial charge in [-0.05, 0) is 25.7 Å². The molecule has 21 heavy (non-hydrogen) atoms. The van der Waals surface area contributed by atoms with Crippen LogP contribution in [-0.4, -0.2) is 76.6 Å². The first-order valence-electron chi connectivity index (χ1n) is 8.24. The molecular formula is C15H30N4O2. The number of hydrogen-bond acceptors (Lipinski definition) is 4. The molecule has 2 aliphatic heterocycles. The van der Waals surface area contributed by atoms with Gasteiger partial charge in [-0.3, -0.25) is 9.89 Å². The van der Waals surface area contributed by atoms with Crippen molar-refractivity contribution in [2.75, 3.05) is 59.6 Å². The molecule has 2 aliphatic rings. The third-order valence-electron chi connectivity index (χ3n) is 4.08. The van der Waals surface area contributed by atoms with Crippen LogP contribution in [-0.2, 0) is 9.47 Å². The fourth-order valence-corrected chi connectivity index (χ4v) is 2.76. The Hall–Kier alpha value is -0.850. The second-order valence-corrected chi connectivity index (χ2v) is 5.66. The summed E-state index contributed by atoms with van der Waals surface area (Å²) in [6.45, 7) is 7.58. The Kier molecular flexibility index (Phi) is 7.85. The molecule has 2 N–H and O–H groups in total. The summed E-state index contributed by atoms with van der Waals surface area (Å²) >= 11 is 0. The maximum absolute atomic E-state index is 5.74. The quantitative estimate of drug-likeness (QED) is 0.550. The average Bonchev–Trinajstić information content (AvgIpc) is 2.55. The smallest absolute Gasteiger partial charge is 0.191 e. The van der Waals surface area contributed by atoms with Crippen LogP contribution < -0.4 is 10.6 Å². The zero-order valence-electron chi connectivity index (χ0n) is 13.3. The van der Waals surface area contributed by atoms with Gasteiger partial charge < -0.3 is 20.1 Å². The molecule has 0 spiro atoms. The standard InChI is InChI=1S/C15H30N4O2/c1-16-15(17-6-5-14-4-2-3-11-21-14)18-7-8-19-9-12-20-13-10-19/h14H,2-13H2,1H3,(H2,16,17,18). The van der Waals surface area contributed by atoms with E-state index >= 15 is 0 Å². The maximum atomic E-state index is 5.74. The molecule has 0 aromatic carbocycles. The minimum absolute atomic E-state index is 0.428. The molecule has 2 heterocycles. The summed E-state index contributed by atoms with van der Waals surface area (Å²) in [4.78, 5) is 6.68. The molecule has 1 atom stereocenters. The van der Waals surface area contributed by atoms with Crippen molar-refractivity contribution in [3.8, 4) is 0 Å². The summed E-state index contributed by atoms with van der Waals surface area (Å²) in [6, 6.07) is 0. The number of guanidine groups is 1. The summed E-state index contributed by atoms with van der Waals surface area (Å²) in [6.07, 6.45) is 5.21. The minimum atomic E-state index is 0.428. The van der Waals surface area contributed by atoms with Gasteiger partial charge in [-0.2, -0.15) is 0 Å². The predicted octanol–water partition coefficient (Wildman–Crippen LogP) is 0.443. The van der Waals surface area contributed by atoms with E-state index < -0.39 is 0 Å². The topological polar surface area (TPSA) is 58.1 Å². The zero-order valence-corrected chi connectivity index (χ0v) is 13.3. The summed E-state index contributed by atoms with van der Waals surface area (Å²) < 4.78 is 11.1. The molecule has 1 unspecified atom stereocenters. The average molecular weight is 298 g/mol. The predicted molar refractivity (Wildman–Crippen MR) is 84.8 cm³/mol. The van der Waals surface area contributed by atoms with Crippen molar-refractivity contribution in [2.24, 2.45) is 4.99 Å². The molecule has 0 bridgehead atoms. The second-order valence-electron chi connectivity index (χ2n) is 5.66. The van der Waals surface area contributed by atoms with Crippen LogP contribution in [0.25, 0.3) is 0 Å². The Morgan fingerprint density at radius 2 is 1.95 bits per heavy atom. The van der Waals surface area contributed by atoms with Gasteiger partial charge >= 0.3 is 0 Å². The lowest BCUT2D eigenvalue weighted by atomic mass is 10.1. The van der Waals surface area contributed by atoms with E-state index in [1.807, 2.05) is 7.05 Å². The fourth-order valence-electron chi connectivity index (χ4n) is 2.76. The molecule has 122 valence electrons. The van der Waals surface area contributed by atoms with Crippen LogP contribution in [0.15, 0.2) is 4.99 Å². The molecular weight excluding hydrogens is 268 g/mol. The molecule has 6 heteroatoms. The second kappa shape index (κ2) is 9.97. The van der Waals surface area contributed by atoms with Crippen LogP contribution in [0.5, 0.6) is 0 Å². The SMILES string of the molecule is CN=C(NCCC1CCCCO1)NCCN1CCOCC1. The third kappa shape index (κ3) is 6.63. The van der Waals surface area contributed by atoms with Crippen LogP contribution in [0, 0.1) is 0 Å². The van der Waals surface area contributed by atoms with Gasteiger partial charge in [-0.1, -0.05) is 0 Å². The number of ether oxygens (including phenoxy) is 2. The third-order valence-corrected chi connectivity index (χ3v) is 4.08. The number of nitrogens with one attached hydrogen (secondary N) is 2. The molecule has 2 fully saturated rings. The molecule has 0 aliphatic carbocycles. The van der Waals surface area contributed by atoms with E-state index in [4.69, 9.17) is 9.47 Å². The van der Waals surface area contributed by atoms with Crippen molar-refractivity contribution in [3.05, 3.63) is 0 Å². The van der Waals surface area contributed by atoms with Gasteiger partial charge in [0, 0.05) is 46.4 Å². The highest BCUT2D eigenvalue weighted by atomic mass is 16.5. The summed E-state index contributed by atoms with van der Waals surface area (Å²) in [7, 11) is 1.82. The number of morpholine rings is 1. The van der Waals surface area contributed by atoms with Gasteiger partial charge in [-0.15, -0.1) is 0 Å². The number of nitrogens with zero attached hydrogens (tertiary/aromatic N) is 2. The maximum Gasteiger partial charge on any atom is 0.191 e. The van der Waals surface area contributed by atoms with E-state index in [2.05, 4.69) is 20.5 Å². The lowest BCUT2D eigenvalue weighted by Gasteiger charge is -2.27. The Morgan fingerprint density at radius 3 is 2.67 bits per heavy atom. The minimum Gasteiger partial charge on any atom is -0.379 e. The van der Waals surface area contributed by atoms with Gasteiger partial charge in [-0.25, -0.2) is 0 Å². The van der Waals surface area contributed by atoms with Crippen LogP contribution in [0.1, 0.15) is 25.7 Å². The highest BCUT2D eigenvalue weighted by molar-refractivity contribution is 5.79. The largest absolute Gasteiger partial charge is 0.379 e. The van der Waals surface area contributed by atoms with E-state index in [9.17, 15) is 0 Å². The Bertz CT molecular complexity index is 274. The lowest BCUT2D eigenvalue weighted by Crippen LogP contribution is -2.44. The van der Waals surface area contributed by atoms with Gasteiger partial charge in [0.05, 0.1) is 19.3 Å². The Morgan fingerprint density at radius 1 is 1.14 bits per heavy atom. The number of rotatable bonds is 6. The Balaban J connectivity index is 1.53. The van der Waals surface area contributed by atoms with E-state index in [-0.39, 0.29) is 0 Å². The first-order valence-corrected chi connectivity index (χ1v) is 8.24. The van der Waals surface area contributed by atoms with E-state index in [0.717, 1.165) is 64.9 Å². The Labute approximate surface area is 128 Å². The van der Waals surface area contributed by atoms with Crippen molar-refractivity contribution in [1.82, 2.24) is 15.5 Å². The van der Waals surface area contributed by atoms with Gasteiger partial charge in [0.15, 0.2) is 5.96 Å². The van der Waals surface area contributed by atoms with Gasteiger partial charge in [0.1, 0.15) is 0 Å². The van der Waals surface area contributed by atoms with Crippen LogP contribution in [0.3, 0.4) is 0 Å². The number of aliphatic imine (C=N–C) groups is 1. The molecule has 6 nitrogen and oxygen atoms in total. The molecule has 0 aromatic heterocycles. The van der Waals surface area contributed by atoms with E-state index in [1.165, 1.54) is 19.3 Å². The summed E-state index contributed by atoms with van der Waals surface area (Å²) in [5, 5.41) is 6.74. The fraction of sp³-hybridized carbons (Fsp3) is 0.933. The molecule has 0 radical (unpaired) electrons. The van der Waals surface area contributed by atoms with Gasteiger partial charge in [0.25, 0.3) is 0 Å². The van der Waals surface area contributed by atoms with Crippen molar-refractivity contribution in [3.63, 3.8) is 0 Å². The lowest BCUT2D eigenvalue weighted by molar-refractivity contribution is 0.0122. The molecule has 0 aromatic rings. The van der Waals surface area contributed by atoms with Crippen LogP contribution >= 0.6 is 0 Å². The van der Waals surface area contributed by atoms with E-state index in [1.54, 1.807) is 0 Å². The summed E-state index contributed by atoms with van der Waals surface area (Å²) in [5.41, 5.74) is 0. The van der Waals surface area contributed by atoms with Crippen molar-refractivity contribution in [1.29, 1.82) is 0 Å². The molecule has 0 saturated carbocycles. The number of hydrogen-bond donors (Lipinski definition) is 2. The molecule has 2 saturated heterocycles. The van der Waals surface area contributed by atoms with Crippen molar-refractivity contribution < 1.29 is 9.47 Å². The van der Waals surface area contributed by atoms with Crippen molar-refractivity contribution >= 4 is 5.96 Å². The zero-order chi connectivity index (χ0) is 14.8. The van der Waals surface area contributed by atoms with Gasteiger partial charge in [0.2, 0.25) is 0 Å². The van der Waals surface area contributed by atoms with E-state index in [0.29, 0.717) is 6.10 Å². The van der Waals surface area contributed by atoms with Crippen LogP contribution in [0.4, 0.5) is 0 Å². The molecule has 2 rings (SSSR count). The monoisotopic (exact) mass is 298 g/mol. The van der Waals surface area contributed by atoms with Crippen LogP contribution in [0.2, 0.25) is 0 Å². The highest BCUT2D eigenvalue weighted by Gasteiger charge is 2.13. The molecule has 0 amide bonds. The normalized spacial score (nSPS) is 24.8.